The van der Waals surface area contributed by atoms with Gasteiger partial charge in [0, 0.05) is 24.2 Å². The zero-order chi connectivity index (χ0) is 13.8. The summed E-state index contributed by atoms with van der Waals surface area (Å²) in [7, 11) is 0. The largest absolute Gasteiger partial charge is 0.396 e. The van der Waals surface area contributed by atoms with E-state index in [-0.39, 0.29) is 12.0 Å². The van der Waals surface area contributed by atoms with Crippen molar-refractivity contribution in [3.05, 3.63) is 34.3 Å². The number of hydrogen-bond donors (Lipinski definition) is 2. The second-order valence-corrected chi connectivity index (χ2v) is 6.32. The Morgan fingerprint density at radius 3 is 2.50 bits per heavy atom. The molecule has 0 aromatic heterocycles. The number of aliphatic hydroxyl groups excluding tert-OH is 1. The standard InChI is InChI=1S/C15H24ClNO/c1-11-9-13(16)6-5-12(11)10-17-14(7-8-18)15(2,3)4/h5-6,9,14,17-18H,7-8,10H2,1-4H3. The summed E-state index contributed by atoms with van der Waals surface area (Å²) in [6, 6.07) is 6.27. The van der Waals surface area contributed by atoms with Gasteiger partial charge in [0.25, 0.3) is 0 Å². The summed E-state index contributed by atoms with van der Waals surface area (Å²) >= 11 is 5.95. The molecule has 0 radical (unpaired) electrons. The van der Waals surface area contributed by atoms with Crippen LogP contribution in [0.25, 0.3) is 0 Å². The van der Waals surface area contributed by atoms with Gasteiger partial charge in [-0.3, -0.25) is 0 Å². The summed E-state index contributed by atoms with van der Waals surface area (Å²) in [5, 5.41) is 13.4. The van der Waals surface area contributed by atoms with Gasteiger partial charge in [0.2, 0.25) is 0 Å². The number of nitrogens with one attached hydrogen (secondary N) is 1. The molecule has 1 unspecified atom stereocenters. The normalized spacial score (nSPS) is 13.7. The molecule has 0 fully saturated rings. The molecular formula is C15H24ClNO. The summed E-state index contributed by atoms with van der Waals surface area (Å²) in [5.74, 6) is 0. The molecule has 0 amide bonds. The first-order chi connectivity index (χ1) is 8.34. The smallest absolute Gasteiger partial charge is 0.0446 e. The van der Waals surface area contributed by atoms with E-state index in [1.807, 2.05) is 12.1 Å². The molecule has 102 valence electrons. The maximum Gasteiger partial charge on any atom is 0.0446 e. The Balaban J connectivity index is 2.67. The highest BCUT2D eigenvalue weighted by Crippen LogP contribution is 2.22. The first-order valence-corrected chi connectivity index (χ1v) is 6.81. The minimum Gasteiger partial charge on any atom is -0.396 e. The fourth-order valence-corrected chi connectivity index (χ4v) is 2.29. The summed E-state index contributed by atoms with van der Waals surface area (Å²) in [5.41, 5.74) is 2.60. The van der Waals surface area contributed by atoms with Gasteiger partial charge in [0.1, 0.15) is 0 Å². The third kappa shape index (κ3) is 4.60. The summed E-state index contributed by atoms with van der Waals surface area (Å²) in [6.07, 6.45) is 0.774. The van der Waals surface area contributed by atoms with E-state index in [4.69, 9.17) is 16.7 Å². The molecule has 0 heterocycles. The number of hydrogen-bond acceptors (Lipinski definition) is 2. The van der Waals surface area contributed by atoms with E-state index < -0.39 is 0 Å². The Morgan fingerprint density at radius 2 is 2.00 bits per heavy atom. The van der Waals surface area contributed by atoms with Gasteiger partial charge < -0.3 is 10.4 Å². The van der Waals surface area contributed by atoms with E-state index in [1.54, 1.807) is 0 Å². The van der Waals surface area contributed by atoms with Crippen molar-refractivity contribution >= 4 is 11.6 Å². The number of benzene rings is 1. The van der Waals surface area contributed by atoms with Crippen molar-refractivity contribution in [3.8, 4) is 0 Å². The van der Waals surface area contributed by atoms with Gasteiger partial charge in [-0.15, -0.1) is 0 Å². The van der Waals surface area contributed by atoms with E-state index in [9.17, 15) is 0 Å². The number of aryl methyl sites for hydroxylation is 1. The van der Waals surface area contributed by atoms with Crippen LogP contribution in [0.2, 0.25) is 5.02 Å². The Bertz CT molecular complexity index is 385. The van der Waals surface area contributed by atoms with Crippen molar-refractivity contribution in [2.24, 2.45) is 5.41 Å². The van der Waals surface area contributed by atoms with Gasteiger partial charge >= 0.3 is 0 Å². The lowest BCUT2D eigenvalue weighted by atomic mass is 9.85. The van der Waals surface area contributed by atoms with Gasteiger partial charge in [0.15, 0.2) is 0 Å². The van der Waals surface area contributed by atoms with E-state index in [0.29, 0.717) is 6.04 Å². The van der Waals surface area contributed by atoms with Crippen molar-refractivity contribution in [3.63, 3.8) is 0 Å². The van der Waals surface area contributed by atoms with Crippen molar-refractivity contribution < 1.29 is 5.11 Å². The SMILES string of the molecule is Cc1cc(Cl)ccc1CNC(CCO)C(C)(C)C. The molecule has 0 aliphatic heterocycles. The lowest BCUT2D eigenvalue weighted by Crippen LogP contribution is -2.40. The van der Waals surface area contributed by atoms with Crippen LogP contribution >= 0.6 is 11.6 Å². The lowest BCUT2D eigenvalue weighted by molar-refractivity contribution is 0.196. The van der Waals surface area contributed by atoms with Gasteiger partial charge in [-0.05, 0) is 42.0 Å². The van der Waals surface area contributed by atoms with Crippen molar-refractivity contribution in [1.82, 2.24) is 5.32 Å². The Hall–Kier alpha value is -0.570. The van der Waals surface area contributed by atoms with Crippen LogP contribution in [-0.4, -0.2) is 17.8 Å². The first-order valence-electron chi connectivity index (χ1n) is 6.44. The van der Waals surface area contributed by atoms with Crippen LogP contribution in [0.1, 0.15) is 38.3 Å². The monoisotopic (exact) mass is 269 g/mol. The zero-order valence-corrected chi connectivity index (χ0v) is 12.5. The van der Waals surface area contributed by atoms with Crippen LogP contribution in [0.4, 0.5) is 0 Å². The predicted octanol–water partition coefficient (Wildman–Crippen LogP) is 3.54. The molecule has 0 saturated carbocycles. The summed E-state index contributed by atoms with van der Waals surface area (Å²) in [6.45, 7) is 9.67. The Kier molecular flexibility index (Phi) is 5.64. The molecular weight excluding hydrogens is 246 g/mol. The van der Waals surface area contributed by atoms with Crippen LogP contribution in [0.15, 0.2) is 18.2 Å². The van der Waals surface area contributed by atoms with Crippen LogP contribution in [0.3, 0.4) is 0 Å². The van der Waals surface area contributed by atoms with Gasteiger partial charge in [-0.25, -0.2) is 0 Å². The highest BCUT2D eigenvalue weighted by atomic mass is 35.5. The quantitative estimate of drug-likeness (QED) is 0.857. The summed E-state index contributed by atoms with van der Waals surface area (Å²) < 4.78 is 0. The predicted molar refractivity (Wildman–Crippen MR) is 78.0 cm³/mol. The van der Waals surface area contributed by atoms with E-state index in [0.717, 1.165) is 18.0 Å². The highest BCUT2D eigenvalue weighted by molar-refractivity contribution is 6.30. The molecule has 1 aromatic rings. The van der Waals surface area contributed by atoms with E-state index in [1.165, 1.54) is 11.1 Å². The molecule has 3 heteroatoms. The van der Waals surface area contributed by atoms with E-state index >= 15 is 0 Å². The number of rotatable bonds is 5. The van der Waals surface area contributed by atoms with Crippen molar-refractivity contribution in [2.45, 2.75) is 46.7 Å². The molecule has 0 saturated heterocycles. The van der Waals surface area contributed by atoms with Gasteiger partial charge in [-0.2, -0.15) is 0 Å². The molecule has 0 bridgehead atoms. The lowest BCUT2D eigenvalue weighted by Gasteiger charge is -2.31. The molecule has 0 aliphatic carbocycles. The topological polar surface area (TPSA) is 32.3 Å². The fraction of sp³-hybridized carbons (Fsp3) is 0.600. The molecule has 0 spiro atoms. The number of aliphatic hydroxyl groups is 1. The minimum atomic E-state index is 0.142. The molecule has 18 heavy (non-hydrogen) atoms. The van der Waals surface area contributed by atoms with Gasteiger partial charge in [-0.1, -0.05) is 38.4 Å². The summed E-state index contributed by atoms with van der Waals surface area (Å²) in [4.78, 5) is 0. The molecule has 0 aliphatic rings. The molecule has 1 rings (SSSR count). The van der Waals surface area contributed by atoms with Crippen LogP contribution in [-0.2, 0) is 6.54 Å². The maximum atomic E-state index is 9.13. The third-order valence-corrected chi connectivity index (χ3v) is 3.54. The molecule has 1 atom stereocenters. The van der Waals surface area contributed by atoms with Crippen LogP contribution < -0.4 is 5.32 Å². The average Bonchev–Trinajstić information content (AvgIpc) is 2.24. The van der Waals surface area contributed by atoms with Crippen LogP contribution in [0.5, 0.6) is 0 Å². The molecule has 1 aromatic carbocycles. The molecule has 2 N–H and O–H groups in total. The fourth-order valence-electron chi connectivity index (χ4n) is 2.06. The minimum absolute atomic E-state index is 0.142. The van der Waals surface area contributed by atoms with E-state index in [2.05, 4.69) is 39.1 Å². The van der Waals surface area contributed by atoms with Crippen molar-refractivity contribution in [1.29, 1.82) is 0 Å². The Morgan fingerprint density at radius 1 is 1.33 bits per heavy atom. The second-order valence-electron chi connectivity index (χ2n) is 5.88. The zero-order valence-electron chi connectivity index (χ0n) is 11.8. The first kappa shape index (κ1) is 15.5. The number of halogens is 1. The van der Waals surface area contributed by atoms with Crippen molar-refractivity contribution in [2.75, 3.05) is 6.61 Å². The van der Waals surface area contributed by atoms with Gasteiger partial charge in [0.05, 0.1) is 0 Å². The maximum absolute atomic E-state index is 9.13. The average molecular weight is 270 g/mol. The molecule has 2 nitrogen and oxygen atoms in total. The Labute approximate surface area is 115 Å². The van der Waals surface area contributed by atoms with Crippen LogP contribution in [0, 0.1) is 12.3 Å². The second kappa shape index (κ2) is 6.55. The third-order valence-electron chi connectivity index (χ3n) is 3.31. The highest BCUT2D eigenvalue weighted by Gasteiger charge is 2.23.